The molecule has 2 N–H and O–H groups in total. The molecule has 108 valence electrons. The molecule has 0 aromatic heterocycles. The number of hydrogen-bond acceptors (Lipinski definition) is 4. The average molecular weight is 266 g/mol. The summed E-state index contributed by atoms with van der Waals surface area (Å²) in [7, 11) is 7.36. The van der Waals surface area contributed by atoms with Crippen molar-refractivity contribution in [2.45, 2.75) is 25.3 Å². The van der Waals surface area contributed by atoms with Gasteiger partial charge in [-0.15, -0.1) is 0 Å². The molecule has 0 saturated heterocycles. The van der Waals surface area contributed by atoms with E-state index in [-0.39, 0.29) is 5.54 Å². The minimum absolute atomic E-state index is 0.363. The molecular formula is C15H26N2O2. The van der Waals surface area contributed by atoms with Crippen LogP contribution in [0.2, 0.25) is 0 Å². The molecule has 0 saturated carbocycles. The summed E-state index contributed by atoms with van der Waals surface area (Å²) in [4.78, 5) is 2.12. The Labute approximate surface area is 116 Å². The van der Waals surface area contributed by atoms with Gasteiger partial charge in [-0.1, -0.05) is 19.4 Å². The van der Waals surface area contributed by atoms with Crippen molar-refractivity contribution in [3.05, 3.63) is 23.8 Å². The van der Waals surface area contributed by atoms with Gasteiger partial charge in [0, 0.05) is 6.54 Å². The zero-order valence-electron chi connectivity index (χ0n) is 12.7. The van der Waals surface area contributed by atoms with E-state index >= 15 is 0 Å². The highest BCUT2D eigenvalue weighted by atomic mass is 16.5. The molecule has 0 heterocycles. The van der Waals surface area contributed by atoms with Gasteiger partial charge in [-0.3, -0.25) is 0 Å². The minimum Gasteiger partial charge on any atom is -0.493 e. The fraction of sp³-hybridized carbons (Fsp3) is 0.600. The summed E-state index contributed by atoms with van der Waals surface area (Å²) in [5, 5.41) is 0. The van der Waals surface area contributed by atoms with Crippen molar-refractivity contribution in [2.75, 3.05) is 34.9 Å². The van der Waals surface area contributed by atoms with Crippen LogP contribution < -0.4 is 15.2 Å². The Hall–Kier alpha value is -1.26. The van der Waals surface area contributed by atoms with Gasteiger partial charge in [0.15, 0.2) is 11.5 Å². The van der Waals surface area contributed by atoms with Gasteiger partial charge in [0.05, 0.1) is 19.8 Å². The Bertz CT molecular complexity index is 407. The minimum atomic E-state index is -0.363. The summed E-state index contributed by atoms with van der Waals surface area (Å²) in [6, 6.07) is 5.93. The van der Waals surface area contributed by atoms with Gasteiger partial charge >= 0.3 is 0 Å². The van der Waals surface area contributed by atoms with Crippen molar-refractivity contribution in [3.63, 3.8) is 0 Å². The van der Waals surface area contributed by atoms with Gasteiger partial charge in [-0.25, -0.2) is 0 Å². The highest BCUT2D eigenvalue weighted by Crippen LogP contribution is 2.33. The molecule has 4 nitrogen and oxygen atoms in total. The maximum atomic E-state index is 6.61. The van der Waals surface area contributed by atoms with Crippen LogP contribution in [0.4, 0.5) is 0 Å². The normalized spacial score (nSPS) is 14.3. The van der Waals surface area contributed by atoms with Crippen molar-refractivity contribution in [1.29, 1.82) is 0 Å². The topological polar surface area (TPSA) is 47.7 Å². The van der Waals surface area contributed by atoms with Crippen molar-refractivity contribution in [1.82, 2.24) is 4.90 Å². The van der Waals surface area contributed by atoms with Crippen molar-refractivity contribution < 1.29 is 9.47 Å². The third kappa shape index (κ3) is 3.85. The van der Waals surface area contributed by atoms with Gasteiger partial charge in [0.1, 0.15) is 0 Å². The largest absolute Gasteiger partial charge is 0.493 e. The number of methoxy groups -OCH3 is 2. The number of nitrogens with two attached hydrogens (primary N) is 1. The highest BCUT2D eigenvalue weighted by molar-refractivity contribution is 5.45. The lowest BCUT2D eigenvalue weighted by Crippen LogP contribution is -2.45. The summed E-state index contributed by atoms with van der Waals surface area (Å²) >= 11 is 0. The summed E-state index contributed by atoms with van der Waals surface area (Å²) < 4.78 is 10.6. The fourth-order valence-electron chi connectivity index (χ4n) is 2.47. The maximum Gasteiger partial charge on any atom is 0.161 e. The van der Waals surface area contributed by atoms with Gasteiger partial charge in [-0.2, -0.15) is 0 Å². The maximum absolute atomic E-state index is 6.61. The van der Waals surface area contributed by atoms with Crippen LogP contribution in [0.25, 0.3) is 0 Å². The Morgan fingerprint density at radius 3 is 2.26 bits per heavy atom. The zero-order valence-corrected chi connectivity index (χ0v) is 12.7. The van der Waals surface area contributed by atoms with Crippen LogP contribution in [-0.2, 0) is 5.54 Å². The van der Waals surface area contributed by atoms with Gasteiger partial charge < -0.3 is 20.1 Å². The molecule has 0 aliphatic heterocycles. The Morgan fingerprint density at radius 2 is 1.79 bits per heavy atom. The van der Waals surface area contributed by atoms with Gasteiger partial charge in [0.2, 0.25) is 0 Å². The molecule has 0 radical (unpaired) electrons. The molecule has 0 fully saturated rings. The van der Waals surface area contributed by atoms with Crippen LogP contribution in [-0.4, -0.2) is 39.8 Å². The van der Waals surface area contributed by atoms with E-state index in [9.17, 15) is 0 Å². The molecule has 1 aromatic carbocycles. The Kier molecular flexibility index (Phi) is 5.63. The van der Waals surface area contributed by atoms with Crippen LogP contribution in [0.1, 0.15) is 25.3 Å². The van der Waals surface area contributed by atoms with Crippen molar-refractivity contribution >= 4 is 0 Å². The first-order chi connectivity index (χ1) is 8.96. The van der Waals surface area contributed by atoms with Crippen LogP contribution in [0.15, 0.2) is 18.2 Å². The van der Waals surface area contributed by atoms with E-state index in [4.69, 9.17) is 15.2 Å². The predicted molar refractivity (Wildman–Crippen MR) is 78.9 cm³/mol. The third-order valence-electron chi connectivity index (χ3n) is 3.25. The summed E-state index contributed by atoms with van der Waals surface area (Å²) in [6.07, 6.45) is 1.97. The molecule has 4 heteroatoms. The second-order valence-electron chi connectivity index (χ2n) is 5.21. The number of rotatable bonds is 7. The monoisotopic (exact) mass is 266 g/mol. The molecule has 1 aromatic rings. The third-order valence-corrected chi connectivity index (χ3v) is 3.25. The molecule has 0 spiro atoms. The molecule has 19 heavy (non-hydrogen) atoms. The van der Waals surface area contributed by atoms with E-state index in [0.717, 1.165) is 36.4 Å². The van der Waals surface area contributed by atoms with Gasteiger partial charge in [-0.05, 0) is 38.2 Å². The van der Waals surface area contributed by atoms with Gasteiger partial charge in [0.25, 0.3) is 0 Å². The lowest BCUT2D eigenvalue weighted by molar-refractivity contribution is 0.268. The average Bonchev–Trinajstić information content (AvgIpc) is 2.37. The summed E-state index contributed by atoms with van der Waals surface area (Å²) in [5.74, 6) is 1.46. The van der Waals surface area contributed by atoms with E-state index in [0.29, 0.717) is 0 Å². The fourth-order valence-corrected chi connectivity index (χ4v) is 2.47. The smallest absolute Gasteiger partial charge is 0.161 e. The SMILES string of the molecule is CCCC(N)(CN(C)C)c1ccc(OC)c(OC)c1. The van der Waals surface area contributed by atoms with Crippen LogP contribution in [0, 0.1) is 0 Å². The lowest BCUT2D eigenvalue weighted by atomic mass is 9.86. The molecule has 0 amide bonds. The molecule has 0 aliphatic carbocycles. The molecule has 0 aliphatic rings. The number of benzene rings is 1. The summed E-state index contributed by atoms with van der Waals surface area (Å²) in [5.41, 5.74) is 7.33. The molecular weight excluding hydrogens is 240 g/mol. The van der Waals surface area contributed by atoms with E-state index in [1.54, 1.807) is 14.2 Å². The van der Waals surface area contributed by atoms with E-state index < -0.39 is 0 Å². The van der Waals surface area contributed by atoms with E-state index in [1.165, 1.54) is 0 Å². The van der Waals surface area contributed by atoms with E-state index in [2.05, 4.69) is 11.8 Å². The van der Waals surface area contributed by atoms with Crippen LogP contribution in [0.3, 0.4) is 0 Å². The second-order valence-corrected chi connectivity index (χ2v) is 5.21. The predicted octanol–water partition coefficient (Wildman–Crippen LogP) is 2.22. The van der Waals surface area contributed by atoms with E-state index in [1.807, 2.05) is 32.3 Å². The first-order valence-corrected chi connectivity index (χ1v) is 6.63. The van der Waals surface area contributed by atoms with Crippen LogP contribution in [0.5, 0.6) is 11.5 Å². The van der Waals surface area contributed by atoms with Crippen molar-refractivity contribution in [2.24, 2.45) is 5.73 Å². The Morgan fingerprint density at radius 1 is 1.16 bits per heavy atom. The number of hydrogen-bond donors (Lipinski definition) is 1. The molecule has 1 unspecified atom stereocenters. The summed E-state index contributed by atoms with van der Waals surface area (Å²) in [6.45, 7) is 2.95. The zero-order chi connectivity index (χ0) is 14.5. The number of ether oxygens (including phenoxy) is 2. The number of nitrogens with zero attached hydrogens (tertiary/aromatic N) is 1. The second kappa shape index (κ2) is 6.78. The van der Waals surface area contributed by atoms with Crippen molar-refractivity contribution in [3.8, 4) is 11.5 Å². The molecule has 0 bridgehead atoms. The van der Waals surface area contributed by atoms with Crippen LogP contribution >= 0.6 is 0 Å². The lowest BCUT2D eigenvalue weighted by Gasteiger charge is -2.33. The quantitative estimate of drug-likeness (QED) is 0.822. The Balaban J connectivity index is 3.15. The first-order valence-electron chi connectivity index (χ1n) is 6.63. The first kappa shape index (κ1) is 15.8. The highest BCUT2D eigenvalue weighted by Gasteiger charge is 2.28. The molecule has 1 rings (SSSR count). The standard InChI is InChI=1S/C15H26N2O2/c1-6-9-15(16,11-17(2)3)12-7-8-13(18-4)14(10-12)19-5/h7-8,10H,6,9,11,16H2,1-5H3. The number of likely N-dealkylation sites (N-methyl/N-ethyl adjacent to an activating group) is 1. The molecule has 1 atom stereocenters.